The minimum atomic E-state index is -4.25. The second-order valence-electron chi connectivity index (χ2n) is 4.56. The molecule has 6 nitrogen and oxygen atoms in total. The molecule has 0 aliphatic carbocycles. The van der Waals surface area contributed by atoms with Crippen LogP contribution < -0.4 is 11.5 Å². The standard InChI is InChI=1S/C10H9NO3S.C5H6N2S/c11-10-8-4-2-1-3-7(8)5-6-9(10)15(12,13)14;6-5(7)4-2-1-3-8-4/h1-6H,11H2,(H,12,13,14);1-3H,(H3,6,7). The summed E-state index contributed by atoms with van der Waals surface area (Å²) in [5.74, 6) is 0.153. The number of hydrogen-bond acceptors (Lipinski definition) is 5. The highest BCUT2D eigenvalue weighted by Crippen LogP contribution is 2.27. The average Bonchev–Trinajstić information content (AvgIpc) is 3.02. The van der Waals surface area contributed by atoms with Crippen molar-refractivity contribution in [3.8, 4) is 0 Å². The Balaban J connectivity index is 0.000000203. The third-order valence-corrected chi connectivity index (χ3v) is 4.81. The number of thiophene rings is 1. The minimum absolute atomic E-state index is 0.0793. The lowest BCUT2D eigenvalue weighted by Crippen LogP contribution is -2.08. The number of nitrogens with one attached hydrogen (secondary N) is 1. The Morgan fingerprint density at radius 2 is 1.78 bits per heavy atom. The largest absolute Gasteiger partial charge is 0.397 e. The molecule has 8 heteroatoms. The maximum absolute atomic E-state index is 11.0. The van der Waals surface area contributed by atoms with Gasteiger partial charge in [0.1, 0.15) is 10.7 Å². The molecule has 3 rings (SSSR count). The van der Waals surface area contributed by atoms with E-state index in [1.165, 1.54) is 17.4 Å². The van der Waals surface area contributed by atoms with Crippen LogP contribution in [0.15, 0.2) is 58.8 Å². The van der Waals surface area contributed by atoms with Crippen molar-refractivity contribution >= 4 is 43.8 Å². The maximum atomic E-state index is 11.0. The van der Waals surface area contributed by atoms with Crippen LogP contribution in [0.5, 0.6) is 0 Å². The lowest BCUT2D eigenvalue weighted by Gasteiger charge is -2.05. The first-order valence-electron chi connectivity index (χ1n) is 6.43. The van der Waals surface area contributed by atoms with Crippen molar-refractivity contribution in [3.05, 3.63) is 58.8 Å². The van der Waals surface area contributed by atoms with Crippen LogP contribution in [0, 0.1) is 5.41 Å². The predicted octanol–water partition coefficient (Wildman–Crippen LogP) is 2.70. The second kappa shape index (κ2) is 6.78. The predicted molar refractivity (Wildman–Crippen MR) is 93.5 cm³/mol. The molecule has 0 bridgehead atoms. The number of nitrogen functional groups attached to an aromatic ring is 2. The van der Waals surface area contributed by atoms with Gasteiger partial charge in [0.15, 0.2) is 0 Å². The van der Waals surface area contributed by atoms with Gasteiger partial charge in [0.25, 0.3) is 10.1 Å². The van der Waals surface area contributed by atoms with Crippen molar-refractivity contribution in [2.24, 2.45) is 5.73 Å². The normalized spacial score (nSPS) is 10.8. The van der Waals surface area contributed by atoms with E-state index in [4.69, 9.17) is 21.4 Å². The number of hydrogen-bond donors (Lipinski definition) is 4. The first kappa shape index (κ1) is 16.9. The molecule has 3 aromatic rings. The summed E-state index contributed by atoms with van der Waals surface area (Å²) in [6.07, 6.45) is 0. The highest BCUT2D eigenvalue weighted by molar-refractivity contribution is 7.86. The van der Waals surface area contributed by atoms with Crippen molar-refractivity contribution < 1.29 is 13.0 Å². The number of fused-ring (bicyclic) bond motifs is 1. The van der Waals surface area contributed by atoms with E-state index in [1.807, 2.05) is 29.6 Å². The molecular weight excluding hydrogens is 334 g/mol. The first-order valence-corrected chi connectivity index (χ1v) is 8.75. The molecule has 0 fully saturated rings. The van der Waals surface area contributed by atoms with Gasteiger partial charge in [-0.1, -0.05) is 36.4 Å². The van der Waals surface area contributed by atoms with Gasteiger partial charge in [0.05, 0.1) is 10.6 Å². The van der Waals surface area contributed by atoms with Crippen molar-refractivity contribution in [1.82, 2.24) is 0 Å². The molecule has 1 aromatic heterocycles. The van der Waals surface area contributed by atoms with Crippen molar-refractivity contribution in [3.63, 3.8) is 0 Å². The first-order chi connectivity index (χ1) is 10.8. The van der Waals surface area contributed by atoms with Gasteiger partial charge >= 0.3 is 0 Å². The molecule has 0 aliphatic rings. The van der Waals surface area contributed by atoms with Gasteiger partial charge in [-0.15, -0.1) is 11.3 Å². The summed E-state index contributed by atoms with van der Waals surface area (Å²) in [5.41, 5.74) is 10.9. The fourth-order valence-electron chi connectivity index (χ4n) is 1.93. The van der Waals surface area contributed by atoms with Crippen molar-refractivity contribution in [1.29, 1.82) is 5.41 Å². The van der Waals surface area contributed by atoms with E-state index < -0.39 is 10.1 Å². The zero-order valence-corrected chi connectivity index (χ0v) is 13.6. The summed E-state index contributed by atoms with van der Waals surface area (Å²) in [6, 6.07) is 13.7. The van der Waals surface area contributed by atoms with E-state index in [2.05, 4.69) is 0 Å². The van der Waals surface area contributed by atoms with Gasteiger partial charge in [0, 0.05) is 5.39 Å². The van der Waals surface area contributed by atoms with Gasteiger partial charge in [-0.2, -0.15) is 8.42 Å². The third-order valence-electron chi connectivity index (χ3n) is 3.00. The van der Waals surface area contributed by atoms with Crippen LogP contribution in [0.4, 0.5) is 5.69 Å². The monoisotopic (exact) mass is 349 g/mol. The van der Waals surface area contributed by atoms with E-state index in [1.54, 1.807) is 18.2 Å². The summed E-state index contributed by atoms with van der Waals surface area (Å²) in [5, 5.41) is 10.3. The van der Waals surface area contributed by atoms with Crippen LogP contribution in [-0.4, -0.2) is 18.8 Å². The fraction of sp³-hybridized carbons (Fsp3) is 0. The Kier molecular flexibility index (Phi) is 4.99. The summed E-state index contributed by atoms with van der Waals surface area (Å²) in [7, 11) is -4.25. The lowest BCUT2D eigenvalue weighted by molar-refractivity contribution is 0.484. The van der Waals surface area contributed by atoms with Gasteiger partial charge in [-0.05, 0) is 22.9 Å². The molecule has 0 unspecified atom stereocenters. The van der Waals surface area contributed by atoms with Crippen LogP contribution in [0.3, 0.4) is 0 Å². The number of amidine groups is 1. The topological polar surface area (TPSA) is 130 Å². The van der Waals surface area contributed by atoms with E-state index in [9.17, 15) is 8.42 Å². The Labute approximate surface area is 137 Å². The Hall–Kier alpha value is -2.42. The highest BCUT2D eigenvalue weighted by Gasteiger charge is 2.15. The van der Waals surface area contributed by atoms with E-state index >= 15 is 0 Å². The molecular formula is C15H15N3O3S2. The van der Waals surface area contributed by atoms with Gasteiger partial charge in [-0.25, -0.2) is 0 Å². The molecule has 1 heterocycles. The Morgan fingerprint density at radius 3 is 2.30 bits per heavy atom. The van der Waals surface area contributed by atoms with Gasteiger partial charge in [0.2, 0.25) is 0 Å². The zero-order valence-electron chi connectivity index (χ0n) is 11.9. The fourth-order valence-corrected chi connectivity index (χ4v) is 3.15. The van der Waals surface area contributed by atoms with Crippen LogP contribution in [-0.2, 0) is 10.1 Å². The smallest absolute Gasteiger partial charge is 0.296 e. The molecule has 0 atom stereocenters. The molecule has 0 saturated heterocycles. The third kappa shape index (κ3) is 4.07. The Bertz CT molecular complexity index is 936. The van der Waals surface area contributed by atoms with E-state index in [-0.39, 0.29) is 16.4 Å². The van der Waals surface area contributed by atoms with Crippen LogP contribution in [0.2, 0.25) is 0 Å². The van der Waals surface area contributed by atoms with Crippen molar-refractivity contribution in [2.45, 2.75) is 4.90 Å². The molecule has 0 spiro atoms. The molecule has 0 amide bonds. The molecule has 2 aromatic carbocycles. The zero-order chi connectivity index (χ0) is 17.0. The maximum Gasteiger partial charge on any atom is 0.296 e. The van der Waals surface area contributed by atoms with Crippen LogP contribution in [0.25, 0.3) is 10.8 Å². The number of anilines is 1. The molecule has 120 valence electrons. The summed E-state index contributed by atoms with van der Waals surface area (Å²) in [4.78, 5) is 0.589. The van der Waals surface area contributed by atoms with E-state index in [0.717, 1.165) is 10.3 Å². The quantitative estimate of drug-likeness (QED) is 0.244. The minimum Gasteiger partial charge on any atom is -0.397 e. The van der Waals surface area contributed by atoms with Gasteiger partial charge < -0.3 is 11.5 Å². The number of nitrogens with two attached hydrogens (primary N) is 2. The number of benzene rings is 2. The second-order valence-corrected chi connectivity index (χ2v) is 6.90. The van der Waals surface area contributed by atoms with Crippen LogP contribution in [0.1, 0.15) is 4.88 Å². The molecule has 23 heavy (non-hydrogen) atoms. The van der Waals surface area contributed by atoms with E-state index in [0.29, 0.717) is 5.39 Å². The summed E-state index contributed by atoms with van der Waals surface area (Å²) >= 11 is 1.48. The molecule has 0 saturated carbocycles. The highest BCUT2D eigenvalue weighted by atomic mass is 32.2. The average molecular weight is 349 g/mol. The summed E-state index contributed by atoms with van der Waals surface area (Å²) < 4.78 is 30.9. The van der Waals surface area contributed by atoms with Gasteiger partial charge in [-0.3, -0.25) is 9.96 Å². The van der Waals surface area contributed by atoms with Crippen molar-refractivity contribution in [2.75, 3.05) is 5.73 Å². The molecule has 6 N–H and O–H groups in total. The Morgan fingerprint density at radius 1 is 1.09 bits per heavy atom. The number of rotatable bonds is 2. The van der Waals surface area contributed by atoms with Crippen LogP contribution >= 0.6 is 11.3 Å². The SMILES string of the molecule is N=C(N)c1cccs1.Nc1c(S(=O)(=O)O)ccc2ccccc12. The lowest BCUT2D eigenvalue weighted by atomic mass is 10.1. The summed E-state index contributed by atoms with van der Waals surface area (Å²) in [6.45, 7) is 0. The molecule has 0 radical (unpaired) electrons. The molecule has 0 aliphatic heterocycles.